The van der Waals surface area contributed by atoms with Crippen LogP contribution in [0.5, 0.6) is 0 Å². The number of ether oxygens (including phenoxy) is 2. The van der Waals surface area contributed by atoms with Crippen LogP contribution in [0.25, 0.3) is 0 Å². The average Bonchev–Trinajstić information content (AvgIpc) is 2.72. The van der Waals surface area contributed by atoms with E-state index in [1.807, 2.05) is 0 Å². The molecule has 0 aromatic heterocycles. The minimum absolute atomic E-state index is 0.356. The van der Waals surface area contributed by atoms with Crippen molar-refractivity contribution in [3.63, 3.8) is 0 Å². The van der Waals surface area contributed by atoms with E-state index in [4.69, 9.17) is 9.47 Å². The summed E-state index contributed by atoms with van der Waals surface area (Å²) in [5.41, 5.74) is 0. The summed E-state index contributed by atoms with van der Waals surface area (Å²) in [5, 5.41) is 3.35. The van der Waals surface area contributed by atoms with Gasteiger partial charge >= 0.3 is 0 Å². The van der Waals surface area contributed by atoms with Gasteiger partial charge in [-0.05, 0) is 13.5 Å². The zero-order chi connectivity index (χ0) is 9.80. The Morgan fingerprint density at radius 2 is 2.36 bits per heavy atom. The Kier molecular flexibility index (Phi) is 3.75. The molecule has 2 fully saturated rings. The van der Waals surface area contributed by atoms with E-state index < -0.39 is 0 Å². The Hall–Kier alpha value is -0.160. The number of nitrogens with zero attached hydrogens (tertiary/aromatic N) is 1. The first-order valence-electron chi connectivity index (χ1n) is 5.46. The van der Waals surface area contributed by atoms with Gasteiger partial charge in [-0.25, -0.2) is 0 Å². The zero-order valence-corrected chi connectivity index (χ0v) is 8.87. The van der Waals surface area contributed by atoms with Crippen LogP contribution in [-0.4, -0.2) is 63.5 Å². The van der Waals surface area contributed by atoms with Crippen molar-refractivity contribution in [2.45, 2.75) is 18.6 Å². The second-order valence-corrected chi connectivity index (χ2v) is 4.15. The number of likely N-dealkylation sites (N-methyl/N-ethyl adjacent to an activating group) is 1. The summed E-state index contributed by atoms with van der Waals surface area (Å²) in [4.78, 5) is 2.37. The predicted molar refractivity (Wildman–Crippen MR) is 54.5 cm³/mol. The zero-order valence-electron chi connectivity index (χ0n) is 8.87. The fourth-order valence-electron chi connectivity index (χ4n) is 2.08. The van der Waals surface area contributed by atoms with Gasteiger partial charge in [0.2, 0.25) is 0 Å². The molecule has 0 bridgehead atoms. The maximum absolute atomic E-state index is 5.66. The third kappa shape index (κ3) is 2.67. The number of rotatable bonds is 3. The standard InChI is InChI=1S/C10H20N2O2/c1-12(9-2-4-13-8-9)7-10-6-11-3-5-14-10/h9-11H,2-8H2,1H3. The molecule has 0 aromatic rings. The Bertz CT molecular complexity index is 166. The van der Waals surface area contributed by atoms with E-state index in [0.717, 1.165) is 45.9 Å². The summed E-state index contributed by atoms with van der Waals surface area (Å²) in [7, 11) is 2.16. The fourth-order valence-corrected chi connectivity index (χ4v) is 2.08. The van der Waals surface area contributed by atoms with Gasteiger partial charge in [-0.3, -0.25) is 4.90 Å². The molecule has 4 nitrogen and oxygen atoms in total. The summed E-state index contributed by atoms with van der Waals surface area (Å²) in [5.74, 6) is 0. The lowest BCUT2D eigenvalue weighted by Crippen LogP contribution is -2.46. The van der Waals surface area contributed by atoms with E-state index in [1.54, 1.807) is 0 Å². The van der Waals surface area contributed by atoms with Crippen LogP contribution in [0.2, 0.25) is 0 Å². The lowest BCUT2D eigenvalue weighted by atomic mass is 10.2. The van der Waals surface area contributed by atoms with Gasteiger partial charge in [0, 0.05) is 32.3 Å². The van der Waals surface area contributed by atoms with Gasteiger partial charge in [0.25, 0.3) is 0 Å². The van der Waals surface area contributed by atoms with Crippen LogP contribution in [0.3, 0.4) is 0 Å². The lowest BCUT2D eigenvalue weighted by Gasteiger charge is -2.30. The molecule has 14 heavy (non-hydrogen) atoms. The van der Waals surface area contributed by atoms with Crippen LogP contribution in [0.15, 0.2) is 0 Å². The van der Waals surface area contributed by atoms with Crippen molar-refractivity contribution in [3.8, 4) is 0 Å². The largest absolute Gasteiger partial charge is 0.380 e. The van der Waals surface area contributed by atoms with Gasteiger partial charge in [-0.1, -0.05) is 0 Å². The molecule has 0 aromatic carbocycles. The minimum atomic E-state index is 0.356. The van der Waals surface area contributed by atoms with Crippen molar-refractivity contribution < 1.29 is 9.47 Å². The predicted octanol–water partition coefficient (Wildman–Crippen LogP) is -0.304. The highest BCUT2D eigenvalue weighted by atomic mass is 16.5. The van der Waals surface area contributed by atoms with Crippen LogP contribution in [-0.2, 0) is 9.47 Å². The quantitative estimate of drug-likeness (QED) is 0.678. The van der Waals surface area contributed by atoms with E-state index in [-0.39, 0.29) is 0 Å². The first-order valence-corrected chi connectivity index (χ1v) is 5.46. The van der Waals surface area contributed by atoms with Crippen LogP contribution < -0.4 is 5.32 Å². The molecule has 4 heteroatoms. The van der Waals surface area contributed by atoms with E-state index in [2.05, 4.69) is 17.3 Å². The van der Waals surface area contributed by atoms with Gasteiger partial charge in [-0.15, -0.1) is 0 Å². The van der Waals surface area contributed by atoms with Crippen molar-refractivity contribution in [3.05, 3.63) is 0 Å². The van der Waals surface area contributed by atoms with E-state index in [0.29, 0.717) is 12.1 Å². The second-order valence-electron chi connectivity index (χ2n) is 4.15. The molecule has 2 rings (SSSR count). The Morgan fingerprint density at radius 1 is 1.43 bits per heavy atom. The topological polar surface area (TPSA) is 33.7 Å². The molecule has 1 N–H and O–H groups in total. The van der Waals surface area contributed by atoms with Crippen molar-refractivity contribution >= 4 is 0 Å². The lowest BCUT2D eigenvalue weighted by molar-refractivity contribution is 0.00207. The molecule has 2 atom stereocenters. The summed E-state index contributed by atoms with van der Waals surface area (Å²) < 4.78 is 11.0. The highest BCUT2D eigenvalue weighted by Gasteiger charge is 2.23. The Balaban J connectivity index is 1.72. The Morgan fingerprint density at radius 3 is 3.00 bits per heavy atom. The summed E-state index contributed by atoms with van der Waals surface area (Å²) in [6.45, 7) is 5.64. The van der Waals surface area contributed by atoms with E-state index >= 15 is 0 Å². The average molecular weight is 200 g/mol. The van der Waals surface area contributed by atoms with Gasteiger partial charge < -0.3 is 14.8 Å². The number of hydrogen-bond acceptors (Lipinski definition) is 4. The van der Waals surface area contributed by atoms with Gasteiger partial charge in [0.1, 0.15) is 0 Å². The van der Waals surface area contributed by atoms with E-state index in [9.17, 15) is 0 Å². The monoisotopic (exact) mass is 200 g/mol. The highest BCUT2D eigenvalue weighted by molar-refractivity contribution is 4.77. The van der Waals surface area contributed by atoms with Gasteiger partial charge in [0.15, 0.2) is 0 Å². The molecule has 0 radical (unpaired) electrons. The molecule has 2 saturated heterocycles. The van der Waals surface area contributed by atoms with Crippen molar-refractivity contribution in [1.29, 1.82) is 0 Å². The molecule has 0 spiro atoms. The van der Waals surface area contributed by atoms with E-state index in [1.165, 1.54) is 0 Å². The van der Waals surface area contributed by atoms with Crippen LogP contribution in [0.4, 0.5) is 0 Å². The first-order chi connectivity index (χ1) is 6.86. The van der Waals surface area contributed by atoms with Crippen LogP contribution >= 0.6 is 0 Å². The highest BCUT2D eigenvalue weighted by Crippen LogP contribution is 2.11. The molecule has 2 heterocycles. The number of hydrogen-bond donors (Lipinski definition) is 1. The van der Waals surface area contributed by atoms with Crippen molar-refractivity contribution in [1.82, 2.24) is 10.2 Å². The molecule has 0 amide bonds. The Labute approximate surface area is 85.5 Å². The normalized spacial score (nSPS) is 33.9. The molecule has 82 valence electrons. The number of nitrogens with one attached hydrogen (secondary N) is 1. The smallest absolute Gasteiger partial charge is 0.0826 e. The molecule has 2 unspecified atom stereocenters. The fraction of sp³-hybridized carbons (Fsp3) is 1.00. The maximum atomic E-state index is 5.66. The van der Waals surface area contributed by atoms with Gasteiger partial charge in [0.05, 0.1) is 19.3 Å². The second kappa shape index (κ2) is 5.07. The first kappa shape index (κ1) is 10.4. The molecule has 2 aliphatic rings. The summed E-state index contributed by atoms with van der Waals surface area (Å²) in [6, 6.07) is 0.598. The maximum Gasteiger partial charge on any atom is 0.0826 e. The number of morpholine rings is 1. The molecule has 2 aliphatic heterocycles. The molecule has 0 saturated carbocycles. The third-order valence-electron chi connectivity index (χ3n) is 3.03. The van der Waals surface area contributed by atoms with Crippen molar-refractivity contribution in [2.24, 2.45) is 0 Å². The van der Waals surface area contributed by atoms with Crippen LogP contribution in [0.1, 0.15) is 6.42 Å². The SMILES string of the molecule is CN(CC1CNCCO1)C1CCOC1. The minimum Gasteiger partial charge on any atom is -0.380 e. The van der Waals surface area contributed by atoms with Crippen molar-refractivity contribution in [2.75, 3.05) is 46.5 Å². The molecular weight excluding hydrogens is 180 g/mol. The molecule has 0 aliphatic carbocycles. The molecular formula is C10H20N2O2. The summed E-state index contributed by atoms with van der Waals surface area (Å²) >= 11 is 0. The van der Waals surface area contributed by atoms with Crippen LogP contribution in [0, 0.1) is 0 Å². The third-order valence-corrected chi connectivity index (χ3v) is 3.03. The summed E-state index contributed by atoms with van der Waals surface area (Å²) in [6.07, 6.45) is 1.52. The van der Waals surface area contributed by atoms with Gasteiger partial charge in [-0.2, -0.15) is 0 Å².